The van der Waals surface area contributed by atoms with E-state index < -0.39 is 0 Å². The average molecular weight is 279 g/mol. The molecule has 20 heavy (non-hydrogen) atoms. The Bertz CT molecular complexity index is 377. The van der Waals surface area contributed by atoms with Gasteiger partial charge in [0.1, 0.15) is 0 Å². The average Bonchev–Trinajstić information content (AvgIpc) is 2.82. The van der Waals surface area contributed by atoms with Crippen LogP contribution in [0.2, 0.25) is 0 Å². The van der Waals surface area contributed by atoms with Crippen molar-refractivity contribution >= 4 is 5.91 Å². The van der Waals surface area contributed by atoms with Gasteiger partial charge in [0, 0.05) is 44.7 Å². The van der Waals surface area contributed by atoms with E-state index in [1.807, 2.05) is 0 Å². The van der Waals surface area contributed by atoms with E-state index in [4.69, 9.17) is 0 Å². The molecule has 4 heteroatoms. The van der Waals surface area contributed by atoms with Crippen LogP contribution in [0, 0.1) is 16.7 Å². The van der Waals surface area contributed by atoms with Gasteiger partial charge >= 0.3 is 0 Å². The van der Waals surface area contributed by atoms with Crippen LogP contribution in [-0.4, -0.2) is 61.0 Å². The first-order valence-corrected chi connectivity index (χ1v) is 8.09. The summed E-state index contributed by atoms with van der Waals surface area (Å²) in [5.41, 5.74) is 0.327. The molecule has 0 aromatic carbocycles. The van der Waals surface area contributed by atoms with Gasteiger partial charge in [-0.1, -0.05) is 27.7 Å². The molecule has 1 aliphatic carbocycles. The van der Waals surface area contributed by atoms with Gasteiger partial charge in [-0.05, 0) is 23.8 Å². The Labute approximate surface area is 122 Å². The summed E-state index contributed by atoms with van der Waals surface area (Å²) in [5.74, 6) is 0.610. The summed E-state index contributed by atoms with van der Waals surface area (Å²) < 4.78 is 0. The van der Waals surface area contributed by atoms with Crippen LogP contribution in [0.5, 0.6) is 0 Å². The summed E-state index contributed by atoms with van der Waals surface area (Å²) in [5, 5.41) is 3.43. The lowest BCUT2D eigenvalue weighted by Crippen LogP contribution is -2.53. The van der Waals surface area contributed by atoms with Crippen molar-refractivity contribution in [1.82, 2.24) is 15.1 Å². The first kappa shape index (κ1) is 14.3. The Kier molecular flexibility index (Phi) is 3.37. The second-order valence-electron chi connectivity index (χ2n) is 7.88. The van der Waals surface area contributed by atoms with E-state index in [1.165, 1.54) is 6.42 Å². The second-order valence-corrected chi connectivity index (χ2v) is 7.88. The maximum atomic E-state index is 12.7. The largest absolute Gasteiger partial charge is 0.340 e. The van der Waals surface area contributed by atoms with Crippen molar-refractivity contribution in [3.8, 4) is 0 Å². The van der Waals surface area contributed by atoms with Crippen LogP contribution in [0.15, 0.2) is 0 Å². The van der Waals surface area contributed by atoms with E-state index >= 15 is 0 Å². The number of carbonyl (C=O) groups excluding carboxylic acids is 1. The SMILES string of the molecule is CC1(C)C(C(=O)N2CCN(C3CCNC3)CC2)C1(C)C. The monoisotopic (exact) mass is 279 g/mol. The van der Waals surface area contributed by atoms with Gasteiger partial charge in [-0.2, -0.15) is 0 Å². The molecular formula is C16H29N3O. The molecule has 3 rings (SSSR count). The number of hydrogen-bond donors (Lipinski definition) is 1. The van der Waals surface area contributed by atoms with E-state index in [9.17, 15) is 4.79 Å². The molecule has 3 fully saturated rings. The number of amides is 1. The van der Waals surface area contributed by atoms with E-state index in [0.29, 0.717) is 11.9 Å². The maximum Gasteiger partial charge on any atom is 0.226 e. The lowest BCUT2D eigenvalue weighted by atomic mass is 10.0. The minimum Gasteiger partial charge on any atom is -0.340 e. The third-order valence-electron chi connectivity index (χ3n) is 6.44. The number of carbonyl (C=O) groups is 1. The van der Waals surface area contributed by atoms with Gasteiger partial charge in [-0.25, -0.2) is 0 Å². The summed E-state index contributed by atoms with van der Waals surface area (Å²) >= 11 is 0. The third-order valence-corrected chi connectivity index (χ3v) is 6.44. The molecule has 0 aromatic heterocycles. The summed E-state index contributed by atoms with van der Waals surface area (Å²) in [6.07, 6.45) is 1.26. The third kappa shape index (κ3) is 2.08. The molecule has 0 aromatic rings. The van der Waals surface area contributed by atoms with Gasteiger partial charge < -0.3 is 10.2 Å². The molecule has 2 heterocycles. The van der Waals surface area contributed by atoms with Crippen LogP contribution in [0.1, 0.15) is 34.1 Å². The second kappa shape index (κ2) is 4.70. The predicted octanol–water partition coefficient (Wildman–Crippen LogP) is 1.17. The molecular weight excluding hydrogens is 250 g/mol. The number of rotatable bonds is 2. The highest BCUT2D eigenvalue weighted by Gasteiger charge is 2.68. The summed E-state index contributed by atoms with van der Waals surface area (Å²) in [4.78, 5) is 17.4. The standard InChI is InChI=1S/C16H29N3O/c1-15(2)13(16(15,3)4)14(20)19-9-7-18(8-10-19)12-5-6-17-11-12/h12-13,17H,5-11H2,1-4H3. The summed E-state index contributed by atoms with van der Waals surface area (Å²) in [6, 6.07) is 0.695. The molecule has 0 bridgehead atoms. The molecule has 114 valence electrons. The Morgan fingerprint density at radius 2 is 1.65 bits per heavy atom. The van der Waals surface area contributed by atoms with Crippen LogP contribution < -0.4 is 5.32 Å². The number of nitrogens with one attached hydrogen (secondary N) is 1. The highest BCUT2D eigenvalue weighted by molar-refractivity contribution is 5.84. The smallest absolute Gasteiger partial charge is 0.226 e. The predicted molar refractivity (Wildman–Crippen MR) is 80.5 cm³/mol. The fourth-order valence-electron chi connectivity index (χ4n) is 4.25. The zero-order valence-corrected chi connectivity index (χ0v) is 13.4. The molecule has 2 saturated heterocycles. The van der Waals surface area contributed by atoms with Crippen molar-refractivity contribution < 1.29 is 4.79 Å². The van der Waals surface area contributed by atoms with Gasteiger partial charge in [0.05, 0.1) is 0 Å². The van der Waals surface area contributed by atoms with Crippen molar-refractivity contribution in [2.75, 3.05) is 39.3 Å². The highest BCUT2D eigenvalue weighted by Crippen LogP contribution is 2.68. The van der Waals surface area contributed by atoms with Gasteiger partial charge in [-0.15, -0.1) is 0 Å². The molecule has 2 aliphatic heterocycles. The number of hydrogen-bond acceptors (Lipinski definition) is 3. The molecule has 1 amide bonds. The first-order chi connectivity index (χ1) is 9.35. The van der Waals surface area contributed by atoms with E-state index in [1.54, 1.807) is 0 Å². The quantitative estimate of drug-likeness (QED) is 0.824. The van der Waals surface area contributed by atoms with Gasteiger partial charge in [-0.3, -0.25) is 9.69 Å². The van der Waals surface area contributed by atoms with E-state index in [0.717, 1.165) is 39.3 Å². The van der Waals surface area contributed by atoms with Gasteiger partial charge in [0.2, 0.25) is 5.91 Å². The van der Waals surface area contributed by atoms with Crippen LogP contribution >= 0.6 is 0 Å². The molecule has 4 nitrogen and oxygen atoms in total. The van der Waals surface area contributed by atoms with Crippen molar-refractivity contribution in [1.29, 1.82) is 0 Å². The van der Waals surface area contributed by atoms with Gasteiger partial charge in [0.15, 0.2) is 0 Å². The molecule has 1 N–H and O–H groups in total. The van der Waals surface area contributed by atoms with Crippen molar-refractivity contribution in [3.05, 3.63) is 0 Å². The van der Waals surface area contributed by atoms with Crippen molar-refractivity contribution in [2.24, 2.45) is 16.7 Å². The lowest BCUT2D eigenvalue weighted by molar-refractivity contribution is -0.135. The zero-order chi connectivity index (χ0) is 14.5. The zero-order valence-electron chi connectivity index (χ0n) is 13.4. The summed E-state index contributed by atoms with van der Waals surface area (Å²) in [7, 11) is 0. The molecule has 1 saturated carbocycles. The fraction of sp³-hybridized carbons (Fsp3) is 0.938. The van der Waals surface area contributed by atoms with E-state index in [-0.39, 0.29) is 16.7 Å². The lowest BCUT2D eigenvalue weighted by Gasteiger charge is -2.38. The van der Waals surface area contributed by atoms with E-state index in [2.05, 4.69) is 42.8 Å². The van der Waals surface area contributed by atoms with Crippen LogP contribution in [0.25, 0.3) is 0 Å². The minimum atomic E-state index is 0.163. The number of nitrogens with zero attached hydrogens (tertiary/aromatic N) is 2. The topological polar surface area (TPSA) is 35.6 Å². The first-order valence-electron chi connectivity index (χ1n) is 8.09. The molecule has 1 unspecified atom stereocenters. The molecule has 0 spiro atoms. The molecule has 3 aliphatic rings. The number of piperazine rings is 1. The fourth-order valence-corrected chi connectivity index (χ4v) is 4.25. The van der Waals surface area contributed by atoms with Crippen LogP contribution in [-0.2, 0) is 4.79 Å². The maximum absolute atomic E-state index is 12.7. The highest BCUT2D eigenvalue weighted by atomic mass is 16.2. The van der Waals surface area contributed by atoms with Crippen molar-refractivity contribution in [3.63, 3.8) is 0 Å². The van der Waals surface area contributed by atoms with Crippen LogP contribution in [0.4, 0.5) is 0 Å². The molecule has 1 atom stereocenters. The Morgan fingerprint density at radius 3 is 2.10 bits per heavy atom. The van der Waals surface area contributed by atoms with Crippen LogP contribution in [0.3, 0.4) is 0 Å². The Morgan fingerprint density at radius 1 is 1.05 bits per heavy atom. The normalized spacial score (nSPS) is 33.4. The van der Waals surface area contributed by atoms with Gasteiger partial charge in [0.25, 0.3) is 0 Å². The summed E-state index contributed by atoms with van der Waals surface area (Å²) in [6.45, 7) is 15.1. The minimum absolute atomic E-state index is 0.163. The molecule has 0 radical (unpaired) electrons. The Hall–Kier alpha value is -0.610. The Balaban J connectivity index is 1.55. The van der Waals surface area contributed by atoms with Crippen molar-refractivity contribution in [2.45, 2.75) is 40.2 Å².